The van der Waals surface area contributed by atoms with E-state index in [1.54, 1.807) is 25.1 Å². The maximum Gasteiger partial charge on any atom is 0.126 e. The third-order valence-electron chi connectivity index (χ3n) is 4.48. The van der Waals surface area contributed by atoms with Crippen LogP contribution in [0.25, 0.3) is 0 Å². The summed E-state index contributed by atoms with van der Waals surface area (Å²) in [4.78, 5) is 0. The number of nitrogens with two attached hydrogens (primary N) is 1. The van der Waals surface area contributed by atoms with Gasteiger partial charge < -0.3 is 15.6 Å². The summed E-state index contributed by atoms with van der Waals surface area (Å²) >= 11 is 0. The Hall–Kier alpha value is -0.970. The first-order chi connectivity index (χ1) is 9.01. The van der Waals surface area contributed by atoms with E-state index in [0.29, 0.717) is 38.2 Å². The van der Waals surface area contributed by atoms with E-state index < -0.39 is 11.0 Å². The van der Waals surface area contributed by atoms with Crippen molar-refractivity contribution in [2.45, 2.75) is 31.8 Å². The molecule has 19 heavy (non-hydrogen) atoms. The van der Waals surface area contributed by atoms with Crippen LogP contribution < -0.4 is 5.73 Å². The van der Waals surface area contributed by atoms with Crippen molar-refractivity contribution in [2.24, 2.45) is 11.1 Å². The molecule has 0 amide bonds. The highest BCUT2D eigenvalue weighted by Crippen LogP contribution is 2.42. The van der Waals surface area contributed by atoms with Crippen molar-refractivity contribution in [1.82, 2.24) is 0 Å². The predicted octanol–water partition coefficient (Wildman–Crippen LogP) is 1.87. The van der Waals surface area contributed by atoms with E-state index in [0.717, 1.165) is 0 Å². The van der Waals surface area contributed by atoms with E-state index in [1.807, 2.05) is 0 Å². The number of rotatable bonds is 4. The topological polar surface area (TPSA) is 55.5 Å². The van der Waals surface area contributed by atoms with Gasteiger partial charge in [0.2, 0.25) is 0 Å². The maximum atomic E-state index is 13.7. The van der Waals surface area contributed by atoms with E-state index in [-0.39, 0.29) is 12.2 Å². The zero-order chi connectivity index (χ0) is 13.9. The molecule has 0 aliphatic carbocycles. The molecule has 1 aliphatic rings. The van der Waals surface area contributed by atoms with Crippen LogP contribution >= 0.6 is 0 Å². The predicted molar refractivity (Wildman–Crippen MR) is 72.3 cm³/mol. The Bertz CT molecular complexity index is 428. The Kier molecular flexibility index (Phi) is 4.23. The van der Waals surface area contributed by atoms with Gasteiger partial charge in [0.05, 0.1) is 5.60 Å². The van der Waals surface area contributed by atoms with Crippen LogP contribution in [0.4, 0.5) is 4.39 Å². The lowest BCUT2D eigenvalue weighted by Gasteiger charge is -2.47. The summed E-state index contributed by atoms with van der Waals surface area (Å²) in [6.45, 7) is 3.35. The minimum atomic E-state index is -1.03. The standard InChI is InChI=1S/C15H22FNO2/c1-14(18,10-12-4-2-3-5-13(12)16)15(11-17)6-8-19-9-7-15/h2-5,18H,6-11,17H2,1H3. The fraction of sp³-hybridized carbons (Fsp3) is 0.600. The largest absolute Gasteiger partial charge is 0.389 e. The lowest BCUT2D eigenvalue weighted by Crippen LogP contribution is -2.54. The van der Waals surface area contributed by atoms with E-state index in [1.165, 1.54) is 6.07 Å². The molecule has 0 saturated carbocycles. The second kappa shape index (κ2) is 5.57. The van der Waals surface area contributed by atoms with Crippen LogP contribution in [0.3, 0.4) is 0 Å². The van der Waals surface area contributed by atoms with E-state index in [9.17, 15) is 9.50 Å². The second-order valence-corrected chi connectivity index (χ2v) is 5.64. The van der Waals surface area contributed by atoms with E-state index in [4.69, 9.17) is 10.5 Å². The summed E-state index contributed by atoms with van der Waals surface area (Å²) in [7, 11) is 0. The number of halogens is 1. The lowest BCUT2D eigenvalue weighted by molar-refractivity contribution is -0.118. The van der Waals surface area contributed by atoms with Gasteiger partial charge in [-0.1, -0.05) is 18.2 Å². The fourth-order valence-electron chi connectivity index (χ4n) is 2.92. The third kappa shape index (κ3) is 2.81. The molecule has 1 aliphatic heterocycles. The lowest BCUT2D eigenvalue weighted by atomic mass is 9.65. The van der Waals surface area contributed by atoms with Gasteiger partial charge in [0.1, 0.15) is 5.82 Å². The van der Waals surface area contributed by atoms with Crippen LogP contribution in [0.1, 0.15) is 25.3 Å². The summed E-state index contributed by atoms with van der Waals surface area (Å²) in [6.07, 6.45) is 1.70. The molecule has 1 aromatic carbocycles. The zero-order valence-electron chi connectivity index (χ0n) is 11.4. The minimum absolute atomic E-state index is 0.275. The van der Waals surface area contributed by atoms with Crippen molar-refractivity contribution in [3.63, 3.8) is 0 Å². The first kappa shape index (κ1) is 14.4. The van der Waals surface area contributed by atoms with Gasteiger partial charge in [0, 0.05) is 31.6 Å². The molecule has 1 fully saturated rings. The smallest absolute Gasteiger partial charge is 0.126 e. The van der Waals surface area contributed by atoms with Crippen LogP contribution in [-0.2, 0) is 11.2 Å². The summed E-state index contributed by atoms with van der Waals surface area (Å²) in [5.41, 5.74) is 5.01. The Morgan fingerprint density at radius 1 is 1.37 bits per heavy atom. The summed E-state index contributed by atoms with van der Waals surface area (Å²) < 4.78 is 19.1. The van der Waals surface area contributed by atoms with Gasteiger partial charge in [0.15, 0.2) is 0 Å². The minimum Gasteiger partial charge on any atom is -0.389 e. The molecule has 1 heterocycles. The van der Waals surface area contributed by atoms with E-state index >= 15 is 0 Å². The highest BCUT2D eigenvalue weighted by atomic mass is 19.1. The molecule has 0 radical (unpaired) electrons. The van der Waals surface area contributed by atoms with Crippen LogP contribution in [0.5, 0.6) is 0 Å². The molecule has 3 N–H and O–H groups in total. The first-order valence-electron chi connectivity index (χ1n) is 6.74. The highest BCUT2D eigenvalue weighted by Gasteiger charge is 2.47. The molecular weight excluding hydrogens is 245 g/mol. The van der Waals surface area contributed by atoms with Gasteiger partial charge in [-0.3, -0.25) is 0 Å². The molecule has 1 atom stereocenters. The summed E-state index contributed by atoms with van der Waals surface area (Å²) in [5, 5.41) is 10.9. The van der Waals surface area contributed by atoms with Gasteiger partial charge in [0.25, 0.3) is 0 Å². The molecule has 0 aromatic heterocycles. The molecule has 1 saturated heterocycles. The molecule has 0 bridgehead atoms. The van der Waals surface area contributed by atoms with Gasteiger partial charge in [-0.2, -0.15) is 0 Å². The Labute approximate surface area is 113 Å². The SMILES string of the molecule is CC(O)(Cc1ccccc1F)C1(CN)CCOCC1. The number of hydrogen-bond donors (Lipinski definition) is 2. The number of benzene rings is 1. The first-order valence-corrected chi connectivity index (χ1v) is 6.74. The van der Waals surface area contributed by atoms with Crippen molar-refractivity contribution < 1.29 is 14.2 Å². The molecule has 0 spiro atoms. The number of ether oxygens (including phenoxy) is 1. The van der Waals surface area contributed by atoms with Gasteiger partial charge in [-0.25, -0.2) is 4.39 Å². The van der Waals surface area contributed by atoms with E-state index in [2.05, 4.69) is 0 Å². The molecular formula is C15H22FNO2. The maximum absolute atomic E-state index is 13.7. The van der Waals surface area contributed by atoms with Gasteiger partial charge >= 0.3 is 0 Å². The Balaban J connectivity index is 2.23. The molecule has 4 heteroatoms. The summed E-state index contributed by atoms with van der Waals surface area (Å²) in [6, 6.07) is 6.58. The van der Waals surface area contributed by atoms with Crippen LogP contribution in [0, 0.1) is 11.2 Å². The second-order valence-electron chi connectivity index (χ2n) is 5.64. The molecule has 3 nitrogen and oxygen atoms in total. The van der Waals surface area contributed by atoms with Crippen molar-refractivity contribution in [1.29, 1.82) is 0 Å². The molecule has 106 valence electrons. The highest BCUT2D eigenvalue weighted by molar-refractivity contribution is 5.20. The van der Waals surface area contributed by atoms with Crippen LogP contribution in [0.2, 0.25) is 0 Å². The van der Waals surface area contributed by atoms with Crippen molar-refractivity contribution >= 4 is 0 Å². The zero-order valence-corrected chi connectivity index (χ0v) is 11.4. The monoisotopic (exact) mass is 267 g/mol. The quantitative estimate of drug-likeness (QED) is 0.875. The van der Waals surface area contributed by atoms with Crippen molar-refractivity contribution in [3.05, 3.63) is 35.6 Å². The van der Waals surface area contributed by atoms with Crippen molar-refractivity contribution in [2.75, 3.05) is 19.8 Å². The Morgan fingerprint density at radius 3 is 2.58 bits per heavy atom. The normalized spacial score (nSPS) is 21.9. The number of hydrogen-bond acceptors (Lipinski definition) is 3. The van der Waals surface area contributed by atoms with Crippen LogP contribution in [-0.4, -0.2) is 30.5 Å². The Morgan fingerprint density at radius 2 is 2.00 bits per heavy atom. The van der Waals surface area contributed by atoms with Crippen LogP contribution in [0.15, 0.2) is 24.3 Å². The third-order valence-corrected chi connectivity index (χ3v) is 4.48. The average molecular weight is 267 g/mol. The molecule has 1 aromatic rings. The molecule has 1 unspecified atom stereocenters. The molecule has 2 rings (SSSR count). The summed E-state index contributed by atoms with van der Waals surface area (Å²) in [5.74, 6) is -0.276. The fourth-order valence-corrected chi connectivity index (χ4v) is 2.92. The van der Waals surface area contributed by atoms with Gasteiger partial charge in [-0.05, 0) is 31.4 Å². The van der Waals surface area contributed by atoms with Crippen molar-refractivity contribution in [3.8, 4) is 0 Å². The van der Waals surface area contributed by atoms with Gasteiger partial charge in [-0.15, -0.1) is 0 Å². The average Bonchev–Trinajstić information content (AvgIpc) is 2.42. The number of aliphatic hydroxyl groups is 1.